The highest BCUT2D eigenvalue weighted by Gasteiger charge is 2.04. The first kappa shape index (κ1) is 12.0. The number of hydrogen-bond donors (Lipinski definition) is 0. The van der Waals surface area contributed by atoms with Gasteiger partial charge in [-0.15, -0.1) is 0 Å². The van der Waals surface area contributed by atoms with Crippen LogP contribution < -0.4 is 0 Å². The summed E-state index contributed by atoms with van der Waals surface area (Å²) in [5.74, 6) is 0.751. The average Bonchev–Trinajstić information content (AvgIpc) is 2.26. The van der Waals surface area contributed by atoms with Gasteiger partial charge in [0.2, 0.25) is 0 Å². The molecule has 0 atom stereocenters. The molecule has 1 aromatic rings. The number of nitriles is 1. The highest BCUT2D eigenvalue weighted by Crippen LogP contribution is 2.18. The molecule has 2 nitrogen and oxygen atoms in total. The Morgan fingerprint density at radius 3 is 2.73 bits per heavy atom. The minimum Gasteiger partial charge on any atom is -0.364 e. The summed E-state index contributed by atoms with van der Waals surface area (Å²) in [4.78, 5) is 1.90. The molecule has 1 rings (SSSR count). The third kappa shape index (κ3) is 3.54. The zero-order valence-corrected chi connectivity index (χ0v) is 10.4. The first-order valence-corrected chi connectivity index (χ1v) is 5.86. The maximum Gasteiger partial charge on any atom is 0.136 e. The third-order valence-corrected chi connectivity index (χ3v) is 3.64. The molecule has 0 fully saturated rings. The Kier molecular flexibility index (Phi) is 4.60. The number of hydrogen-bond acceptors (Lipinski definition) is 3. The van der Waals surface area contributed by atoms with E-state index in [1.807, 2.05) is 43.3 Å². The second-order valence-electron chi connectivity index (χ2n) is 3.22. The van der Waals surface area contributed by atoms with E-state index in [1.54, 1.807) is 11.8 Å². The average molecular weight is 236 g/mol. The maximum absolute atomic E-state index is 8.89. The van der Waals surface area contributed by atoms with E-state index in [4.69, 9.17) is 17.5 Å². The smallest absolute Gasteiger partial charge is 0.136 e. The fourth-order valence-corrected chi connectivity index (χ4v) is 1.99. The van der Waals surface area contributed by atoms with Crippen molar-refractivity contribution in [3.8, 4) is 6.07 Å². The van der Waals surface area contributed by atoms with Gasteiger partial charge in [0.1, 0.15) is 4.32 Å². The second kappa shape index (κ2) is 5.74. The fraction of sp³-hybridized carbons (Fsp3) is 0.273. The van der Waals surface area contributed by atoms with E-state index in [-0.39, 0.29) is 0 Å². The molecule has 4 heteroatoms. The standard InChI is InChI=1S/C11H12N2S2/c1-13(2)11(14)15-8-10-6-4-3-5-9(10)7-12/h3-6H,8H2,1-2H3. The summed E-state index contributed by atoms with van der Waals surface area (Å²) in [6.45, 7) is 0. The summed E-state index contributed by atoms with van der Waals surface area (Å²) in [6, 6.07) is 9.78. The lowest BCUT2D eigenvalue weighted by Gasteiger charge is -2.12. The molecular formula is C11H12N2S2. The molecule has 78 valence electrons. The van der Waals surface area contributed by atoms with Gasteiger partial charge in [-0.1, -0.05) is 42.2 Å². The first-order valence-electron chi connectivity index (χ1n) is 4.47. The Hall–Kier alpha value is -1.05. The van der Waals surface area contributed by atoms with Gasteiger partial charge < -0.3 is 4.90 Å². The Labute approximate surface area is 99.9 Å². The predicted octanol–water partition coefficient (Wildman–Crippen LogP) is 2.64. The van der Waals surface area contributed by atoms with Gasteiger partial charge in [0, 0.05) is 19.8 Å². The lowest BCUT2D eigenvalue weighted by atomic mass is 10.1. The first-order chi connectivity index (χ1) is 7.15. The van der Waals surface area contributed by atoms with Crippen LogP contribution in [0.25, 0.3) is 0 Å². The topological polar surface area (TPSA) is 27.0 Å². The SMILES string of the molecule is CN(C)C(=S)SCc1ccccc1C#N. The molecule has 0 aliphatic carbocycles. The van der Waals surface area contributed by atoms with E-state index in [2.05, 4.69) is 6.07 Å². The van der Waals surface area contributed by atoms with Crippen LogP contribution in [0.3, 0.4) is 0 Å². The molecule has 15 heavy (non-hydrogen) atoms. The molecule has 0 amide bonds. The number of nitrogens with zero attached hydrogens (tertiary/aromatic N) is 2. The van der Waals surface area contributed by atoms with Crippen molar-refractivity contribution in [3.05, 3.63) is 35.4 Å². The Morgan fingerprint density at radius 2 is 2.13 bits per heavy atom. The van der Waals surface area contributed by atoms with Gasteiger partial charge in [0.25, 0.3) is 0 Å². The largest absolute Gasteiger partial charge is 0.364 e. The number of thioether (sulfide) groups is 1. The van der Waals surface area contributed by atoms with Crippen molar-refractivity contribution in [3.63, 3.8) is 0 Å². The highest BCUT2D eigenvalue weighted by atomic mass is 32.2. The Morgan fingerprint density at radius 1 is 1.47 bits per heavy atom. The van der Waals surface area contributed by atoms with Crippen LogP contribution in [0, 0.1) is 11.3 Å². The predicted molar refractivity (Wildman–Crippen MR) is 68.7 cm³/mol. The Bertz CT molecular complexity index is 394. The molecule has 0 saturated heterocycles. The Balaban J connectivity index is 2.66. The number of rotatable bonds is 2. The molecule has 0 N–H and O–H groups in total. The van der Waals surface area contributed by atoms with E-state index >= 15 is 0 Å². The van der Waals surface area contributed by atoms with Gasteiger partial charge in [-0.05, 0) is 11.6 Å². The van der Waals surface area contributed by atoms with Crippen molar-refractivity contribution in [2.45, 2.75) is 5.75 Å². The molecule has 0 aliphatic rings. The van der Waals surface area contributed by atoms with Crippen molar-refractivity contribution in [2.75, 3.05) is 14.1 Å². The van der Waals surface area contributed by atoms with Crippen LogP contribution >= 0.6 is 24.0 Å². The molecule has 0 aromatic heterocycles. The highest BCUT2D eigenvalue weighted by molar-refractivity contribution is 8.22. The van der Waals surface area contributed by atoms with Gasteiger partial charge in [-0.2, -0.15) is 5.26 Å². The third-order valence-electron chi connectivity index (χ3n) is 1.85. The number of benzene rings is 1. The minimum absolute atomic E-state index is 0.728. The van der Waals surface area contributed by atoms with E-state index in [0.717, 1.165) is 21.2 Å². The molecular weight excluding hydrogens is 224 g/mol. The van der Waals surface area contributed by atoms with Gasteiger partial charge in [-0.3, -0.25) is 0 Å². The van der Waals surface area contributed by atoms with Crippen molar-refractivity contribution in [1.82, 2.24) is 4.90 Å². The van der Waals surface area contributed by atoms with Crippen LogP contribution in [0.2, 0.25) is 0 Å². The van der Waals surface area contributed by atoms with Crippen LogP contribution in [-0.2, 0) is 5.75 Å². The zero-order valence-electron chi connectivity index (χ0n) is 8.73. The lowest BCUT2D eigenvalue weighted by Crippen LogP contribution is -2.16. The monoisotopic (exact) mass is 236 g/mol. The summed E-state index contributed by atoms with van der Waals surface area (Å²) >= 11 is 6.74. The molecule has 0 unspecified atom stereocenters. The molecule has 0 bridgehead atoms. The summed E-state index contributed by atoms with van der Waals surface area (Å²) < 4.78 is 0.836. The normalized spacial score (nSPS) is 9.40. The van der Waals surface area contributed by atoms with E-state index in [1.165, 1.54) is 0 Å². The van der Waals surface area contributed by atoms with Crippen molar-refractivity contribution >= 4 is 28.3 Å². The summed E-state index contributed by atoms with van der Waals surface area (Å²) in [7, 11) is 3.84. The van der Waals surface area contributed by atoms with E-state index < -0.39 is 0 Å². The van der Waals surface area contributed by atoms with Gasteiger partial charge in [0.15, 0.2) is 0 Å². The lowest BCUT2D eigenvalue weighted by molar-refractivity contribution is 0.648. The van der Waals surface area contributed by atoms with Crippen molar-refractivity contribution in [2.24, 2.45) is 0 Å². The van der Waals surface area contributed by atoms with Crippen LogP contribution in [0.15, 0.2) is 24.3 Å². The number of thiocarbonyl (C=S) groups is 1. The van der Waals surface area contributed by atoms with Crippen LogP contribution in [0.4, 0.5) is 0 Å². The van der Waals surface area contributed by atoms with Crippen molar-refractivity contribution < 1.29 is 0 Å². The minimum atomic E-state index is 0.728. The molecule has 0 heterocycles. The quantitative estimate of drug-likeness (QED) is 0.738. The van der Waals surface area contributed by atoms with Crippen LogP contribution in [0.5, 0.6) is 0 Å². The molecule has 0 aliphatic heterocycles. The van der Waals surface area contributed by atoms with Gasteiger partial charge in [0.05, 0.1) is 11.6 Å². The zero-order chi connectivity index (χ0) is 11.3. The van der Waals surface area contributed by atoms with E-state index in [0.29, 0.717) is 0 Å². The van der Waals surface area contributed by atoms with Gasteiger partial charge >= 0.3 is 0 Å². The summed E-state index contributed by atoms with van der Waals surface area (Å²) in [6.07, 6.45) is 0. The maximum atomic E-state index is 8.89. The molecule has 0 spiro atoms. The van der Waals surface area contributed by atoms with E-state index in [9.17, 15) is 0 Å². The van der Waals surface area contributed by atoms with Crippen LogP contribution in [0.1, 0.15) is 11.1 Å². The summed E-state index contributed by atoms with van der Waals surface area (Å²) in [5, 5.41) is 8.89. The molecule has 0 saturated carbocycles. The molecule has 0 radical (unpaired) electrons. The molecule has 1 aromatic carbocycles. The second-order valence-corrected chi connectivity index (χ2v) is 4.83. The van der Waals surface area contributed by atoms with Crippen LogP contribution in [-0.4, -0.2) is 23.3 Å². The summed E-state index contributed by atoms with van der Waals surface area (Å²) in [5.41, 5.74) is 1.76. The fourth-order valence-electron chi connectivity index (χ4n) is 1.02. The van der Waals surface area contributed by atoms with Crippen molar-refractivity contribution in [1.29, 1.82) is 5.26 Å². The van der Waals surface area contributed by atoms with Gasteiger partial charge in [-0.25, -0.2) is 0 Å².